The Morgan fingerprint density at radius 2 is 2.04 bits per heavy atom. The van der Waals surface area contributed by atoms with Crippen molar-refractivity contribution < 1.29 is 14.0 Å². The van der Waals surface area contributed by atoms with Crippen LogP contribution in [-0.2, 0) is 9.59 Å². The molecule has 0 aliphatic carbocycles. The van der Waals surface area contributed by atoms with Crippen molar-refractivity contribution in [1.29, 1.82) is 0 Å². The summed E-state index contributed by atoms with van der Waals surface area (Å²) in [7, 11) is 0. The van der Waals surface area contributed by atoms with E-state index in [2.05, 4.69) is 10.3 Å². The van der Waals surface area contributed by atoms with Crippen LogP contribution in [0.5, 0.6) is 0 Å². The van der Waals surface area contributed by atoms with Gasteiger partial charge in [-0.1, -0.05) is 19.1 Å². The lowest BCUT2D eigenvalue weighted by Gasteiger charge is -2.38. The molecule has 1 saturated heterocycles. The Balaban J connectivity index is 1.80. The van der Waals surface area contributed by atoms with E-state index in [1.165, 1.54) is 18.3 Å². The Bertz CT molecular complexity index is 824. The number of piperidine rings is 1. The Morgan fingerprint density at radius 1 is 1.23 bits per heavy atom. The molecule has 0 saturated carbocycles. The van der Waals surface area contributed by atoms with Crippen molar-refractivity contribution in [1.82, 2.24) is 9.88 Å². The molecule has 26 heavy (non-hydrogen) atoms. The third-order valence-electron chi connectivity index (χ3n) is 4.64. The fraction of sp³-hybridized carbons (Fsp3) is 0.350. The summed E-state index contributed by atoms with van der Waals surface area (Å²) in [6, 6.07) is 7.69. The maximum Gasteiger partial charge on any atom is 0.313 e. The first-order chi connectivity index (χ1) is 12.4. The van der Waals surface area contributed by atoms with Gasteiger partial charge in [-0.05, 0) is 55.0 Å². The lowest BCUT2D eigenvalue weighted by molar-refractivity contribution is -0.146. The van der Waals surface area contributed by atoms with Crippen LogP contribution in [0.15, 0.2) is 42.7 Å². The van der Waals surface area contributed by atoms with Gasteiger partial charge in [-0.15, -0.1) is 0 Å². The van der Waals surface area contributed by atoms with Crippen LogP contribution in [0.3, 0.4) is 0 Å². The van der Waals surface area contributed by atoms with E-state index < -0.39 is 11.8 Å². The molecule has 2 aromatic rings. The van der Waals surface area contributed by atoms with Crippen molar-refractivity contribution in [2.75, 3.05) is 11.9 Å². The Kier molecular flexibility index (Phi) is 5.30. The standard InChI is InChI=1S/C20H22FN3O2/c1-13-6-7-18(15-4-3-5-16(21)9-15)24(12-13)20(26)19(25)23-17-8-14(2)10-22-11-17/h3-5,8-11,13,18H,6-7,12H2,1-2H3,(H,23,25)/t13-,18-/m1/s1. The van der Waals surface area contributed by atoms with Crippen LogP contribution in [0.25, 0.3) is 0 Å². The van der Waals surface area contributed by atoms with Gasteiger partial charge in [0.05, 0.1) is 17.9 Å². The molecular weight excluding hydrogens is 333 g/mol. The topological polar surface area (TPSA) is 62.3 Å². The summed E-state index contributed by atoms with van der Waals surface area (Å²) >= 11 is 0. The molecule has 1 aliphatic heterocycles. The molecule has 1 aromatic heterocycles. The second kappa shape index (κ2) is 7.64. The summed E-state index contributed by atoms with van der Waals surface area (Å²) in [5.74, 6) is -1.36. The summed E-state index contributed by atoms with van der Waals surface area (Å²) in [6.45, 7) is 4.38. The molecule has 0 unspecified atom stereocenters. The van der Waals surface area contributed by atoms with Gasteiger partial charge in [-0.2, -0.15) is 0 Å². The minimum Gasteiger partial charge on any atom is -0.327 e. The number of anilines is 1. The number of hydrogen-bond acceptors (Lipinski definition) is 3. The van der Waals surface area contributed by atoms with Crippen LogP contribution in [0.4, 0.5) is 10.1 Å². The van der Waals surface area contributed by atoms with Gasteiger partial charge in [0, 0.05) is 12.7 Å². The van der Waals surface area contributed by atoms with E-state index >= 15 is 0 Å². The zero-order valence-electron chi connectivity index (χ0n) is 14.9. The number of likely N-dealkylation sites (tertiary alicyclic amines) is 1. The van der Waals surface area contributed by atoms with Crippen LogP contribution < -0.4 is 5.32 Å². The van der Waals surface area contributed by atoms with E-state index in [1.807, 2.05) is 13.8 Å². The average molecular weight is 355 g/mol. The van der Waals surface area contributed by atoms with Gasteiger partial charge in [0.2, 0.25) is 0 Å². The van der Waals surface area contributed by atoms with Gasteiger partial charge in [0.1, 0.15) is 5.82 Å². The Morgan fingerprint density at radius 3 is 2.77 bits per heavy atom. The summed E-state index contributed by atoms with van der Waals surface area (Å²) in [4.78, 5) is 30.8. The number of aromatic nitrogens is 1. The number of nitrogens with zero attached hydrogens (tertiary/aromatic N) is 2. The highest BCUT2D eigenvalue weighted by molar-refractivity contribution is 6.39. The van der Waals surface area contributed by atoms with Gasteiger partial charge in [-0.25, -0.2) is 4.39 Å². The Labute approximate surface area is 152 Å². The Hall–Kier alpha value is -2.76. The van der Waals surface area contributed by atoms with Gasteiger partial charge in [0.25, 0.3) is 0 Å². The monoisotopic (exact) mass is 355 g/mol. The third kappa shape index (κ3) is 4.07. The fourth-order valence-corrected chi connectivity index (χ4v) is 3.38. The first-order valence-electron chi connectivity index (χ1n) is 8.73. The molecule has 1 aromatic carbocycles. The largest absolute Gasteiger partial charge is 0.327 e. The molecule has 0 spiro atoms. The molecule has 2 atom stereocenters. The van der Waals surface area contributed by atoms with E-state index in [0.29, 0.717) is 18.7 Å². The van der Waals surface area contributed by atoms with E-state index in [9.17, 15) is 14.0 Å². The molecular formula is C20H22FN3O2. The quantitative estimate of drug-likeness (QED) is 0.839. The summed E-state index contributed by atoms with van der Waals surface area (Å²) in [5, 5.41) is 2.61. The van der Waals surface area contributed by atoms with Crippen molar-refractivity contribution in [3.8, 4) is 0 Å². The van der Waals surface area contributed by atoms with Crippen molar-refractivity contribution in [2.45, 2.75) is 32.7 Å². The number of benzene rings is 1. The number of pyridine rings is 1. The number of amides is 2. The smallest absolute Gasteiger partial charge is 0.313 e. The maximum absolute atomic E-state index is 13.6. The first-order valence-corrected chi connectivity index (χ1v) is 8.73. The van der Waals surface area contributed by atoms with Crippen LogP contribution >= 0.6 is 0 Å². The minimum atomic E-state index is -0.701. The molecule has 1 fully saturated rings. The van der Waals surface area contributed by atoms with Crippen molar-refractivity contribution in [3.05, 3.63) is 59.7 Å². The molecule has 3 rings (SSSR count). The van der Waals surface area contributed by atoms with E-state index in [0.717, 1.165) is 17.5 Å². The third-order valence-corrected chi connectivity index (χ3v) is 4.64. The van der Waals surface area contributed by atoms with Crippen molar-refractivity contribution in [2.24, 2.45) is 5.92 Å². The van der Waals surface area contributed by atoms with E-state index in [4.69, 9.17) is 0 Å². The molecule has 2 heterocycles. The summed E-state index contributed by atoms with van der Waals surface area (Å²) in [5.41, 5.74) is 2.09. The molecule has 1 aliphatic rings. The number of hydrogen-bond donors (Lipinski definition) is 1. The van der Waals surface area contributed by atoms with Crippen molar-refractivity contribution >= 4 is 17.5 Å². The van der Waals surface area contributed by atoms with Crippen LogP contribution in [0, 0.1) is 18.7 Å². The lowest BCUT2D eigenvalue weighted by atomic mass is 9.89. The van der Waals surface area contributed by atoms with Gasteiger partial charge in [-0.3, -0.25) is 14.6 Å². The van der Waals surface area contributed by atoms with Gasteiger partial charge >= 0.3 is 11.8 Å². The number of halogens is 1. The molecule has 6 heteroatoms. The van der Waals surface area contributed by atoms with Crippen LogP contribution in [0.1, 0.15) is 36.9 Å². The number of rotatable bonds is 2. The summed E-state index contributed by atoms with van der Waals surface area (Å²) in [6.07, 6.45) is 4.80. The average Bonchev–Trinajstić information content (AvgIpc) is 2.61. The predicted octanol–water partition coefficient (Wildman–Crippen LogP) is 3.47. The minimum absolute atomic E-state index is 0.289. The van der Waals surface area contributed by atoms with Crippen LogP contribution in [-0.4, -0.2) is 28.2 Å². The molecule has 136 valence electrons. The highest BCUT2D eigenvalue weighted by atomic mass is 19.1. The zero-order chi connectivity index (χ0) is 18.7. The maximum atomic E-state index is 13.6. The number of aryl methyl sites for hydroxylation is 1. The summed E-state index contributed by atoms with van der Waals surface area (Å²) < 4.78 is 13.6. The van der Waals surface area contributed by atoms with E-state index in [1.54, 1.807) is 29.3 Å². The zero-order valence-corrected chi connectivity index (χ0v) is 14.9. The number of carbonyl (C=O) groups is 2. The second-order valence-corrected chi connectivity index (χ2v) is 6.92. The highest BCUT2D eigenvalue weighted by Crippen LogP contribution is 2.33. The number of nitrogens with one attached hydrogen (secondary N) is 1. The SMILES string of the molecule is Cc1cncc(NC(=O)C(=O)N2C[C@H](C)CC[C@@H]2c2cccc(F)c2)c1. The fourth-order valence-electron chi connectivity index (χ4n) is 3.38. The molecule has 0 bridgehead atoms. The van der Waals surface area contributed by atoms with Crippen molar-refractivity contribution in [3.63, 3.8) is 0 Å². The molecule has 2 amide bonds. The van der Waals surface area contributed by atoms with Gasteiger partial charge < -0.3 is 10.2 Å². The van der Waals surface area contributed by atoms with E-state index in [-0.39, 0.29) is 17.8 Å². The first kappa shape index (κ1) is 18.0. The predicted molar refractivity (Wildman–Crippen MR) is 96.9 cm³/mol. The highest BCUT2D eigenvalue weighted by Gasteiger charge is 2.34. The molecule has 0 radical (unpaired) electrons. The molecule has 5 nitrogen and oxygen atoms in total. The lowest BCUT2D eigenvalue weighted by Crippen LogP contribution is -2.46. The number of carbonyl (C=O) groups excluding carboxylic acids is 2. The van der Waals surface area contributed by atoms with Gasteiger partial charge in [0.15, 0.2) is 0 Å². The normalized spacial score (nSPS) is 19.9. The molecule has 1 N–H and O–H groups in total. The van der Waals surface area contributed by atoms with Crippen LogP contribution in [0.2, 0.25) is 0 Å². The second-order valence-electron chi connectivity index (χ2n) is 6.92.